The van der Waals surface area contributed by atoms with Crippen molar-refractivity contribution in [2.45, 2.75) is 31.6 Å². The molecule has 106 valence electrons. The highest BCUT2D eigenvalue weighted by Crippen LogP contribution is 2.20. The predicted octanol–water partition coefficient (Wildman–Crippen LogP) is 2.03. The van der Waals surface area contributed by atoms with Crippen LogP contribution in [0.25, 0.3) is 0 Å². The zero-order chi connectivity index (χ0) is 13.7. The van der Waals surface area contributed by atoms with Gasteiger partial charge in [-0.2, -0.15) is 0 Å². The van der Waals surface area contributed by atoms with E-state index in [4.69, 9.17) is 4.42 Å². The molecular weight excluding hydrogens is 260 g/mol. The van der Waals surface area contributed by atoms with E-state index in [9.17, 15) is 4.79 Å². The third kappa shape index (κ3) is 4.28. The molecule has 5 heteroatoms. The van der Waals surface area contributed by atoms with E-state index in [1.807, 2.05) is 20.0 Å². The highest BCUT2D eigenvalue weighted by atomic mass is 32.2. The lowest BCUT2D eigenvalue weighted by atomic mass is 10.2. The first-order chi connectivity index (χ1) is 9.16. The van der Waals surface area contributed by atoms with Gasteiger partial charge in [-0.05, 0) is 38.9 Å². The Hall–Kier alpha value is -0.940. The van der Waals surface area contributed by atoms with E-state index < -0.39 is 0 Å². The molecule has 1 aromatic rings. The molecule has 4 nitrogen and oxygen atoms in total. The van der Waals surface area contributed by atoms with Crippen LogP contribution in [0.2, 0.25) is 0 Å². The van der Waals surface area contributed by atoms with Gasteiger partial charge in [0.25, 0.3) is 0 Å². The lowest BCUT2D eigenvalue weighted by molar-refractivity contribution is -0.127. The van der Waals surface area contributed by atoms with Gasteiger partial charge in [0.15, 0.2) is 0 Å². The molecule has 1 aromatic heterocycles. The molecule has 1 saturated heterocycles. The number of nitrogens with one attached hydrogen (secondary N) is 1. The van der Waals surface area contributed by atoms with E-state index in [2.05, 4.69) is 5.32 Å². The second-order valence-corrected chi connectivity index (χ2v) is 6.30. The monoisotopic (exact) mass is 282 g/mol. The molecule has 1 N–H and O–H groups in total. The first kappa shape index (κ1) is 14.5. The predicted molar refractivity (Wildman–Crippen MR) is 78.3 cm³/mol. The molecule has 1 amide bonds. The number of nitrogens with zero attached hydrogens (tertiary/aromatic N) is 1. The SMILES string of the molecule is Cc1occc1CN(C)C(=O)CSC1CCNCC1. The molecule has 2 rings (SSSR count). The number of piperidine rings is 1. The van der Waals surface area contributed by atoms with Crippen molar-refractivity contribution in [1.29, 1.82) is 0 Å². The second-order valence-electron chi connectivity index (χ2n) is 5.01. The summed E-state index contributed by atoms with van der Waals surface area (Å²) in [5, 5.41) is 3.98. The van der Waals surface area contributed by atoms with Crippen molar-refractivity contribution >= 4 is 17.7 Å². The van der Waals surface area contributed by atoms with Crippen LogP contribution >= 0.6 is 11.8 Å². The normalized spacial score (nSPS) is 16.5. The fourth-order valence-electron chi connectivity index (χ4n) is 2.18. The minimum absolute atomic E-state index is 0.198. The molecule has 19 heavy (non-hydrogen) atoms. The van der Waals surface area contributed by atoms with E-state index in [0.29, 0.717) is 17.5 Å². The van der Waals surface area contributed by atoms with Crippen molar-refractivity contribution in [2.24, 2.45) is 0 Å². The average molecular weight is 282 g/mol. The molecule has 0 aromatic carbocycles. The minimum atomic E-state index is 0.198. The lowest BCUT2D eigenvalue weighted by Crippen LogP contribution is -2.32. The summed E-state index contributed by atoms with van der Waals surface area (Å²) in [4.78, 5) is 13.9. The van der Waals surface area contributed by atoms with Crippen molar-refractivity contribution in [1.82, 2.24) is 10.2 Å². The van der Waals surface area contributed by atoms with E-state index >= 15 is 0 Å². The number of furan rings is 1. The molecule has 0 bridgehead atoms. The molecule has 1 aliphatic rings. The van der Waals surface area contributed by atoms with Gasteiger partial charge in [0.2, 0.25) is 5.91 Å². The third-order valence-electron chi connectivity index (χ3n) is 3.53. The molecule has 0 unspecified atom stereocenters. The largest absolute Gasteiger partial charge is 0.469 e. The lowest BCUT2D eigenvalue weighted by Gasteiger charge is -2.23. The molecule has 0 atom stereocenters. The number of thioether (sulfide) groups is 1. The number of aryl methyl sites for hydroxylation is 1. The number of hydrogen-bond acceptors (Lipinski definition) is 4. The first-order valence-corrected chi connectivity index (χ1v) is 7.81. The van der Waals surface area contributed by atoms with Gasteiger partial charge < -0.3 is 14.6 Å². The van der Waals surface area contributed by atoms with Gasteiger partial charge in [-0.1, -0.05) is 0 Å². The van der Waals surface area contributed by atoms with Gasteiger partial charge in [0.1, 0.15) is 5.76 Å². The van der Waals surface area contributed by atoms with Gasteiger partial charge in [0, 0.05) is 24.4 Å². The van der Waals surface area contributed by atoms with Gasteiger partial charge in [-0.3, -0.25) is 4.79 Å². The van der Waals surface area contributed by atoms with Gasteiger partial charge >= 0.3 is 0 Å². The van der Waals surface area contributed by atoms with Gasteiger partial charge in [-0.25, -0.2) is 0 Å². The maximum atomic E-state index is 12.1. The summed E-state index contributed by atoms with van der Waals surface area (Å²) in [5.74, 6) is 1.67. The summed E-state index contributed by atoms with van der Waals surface area (Å²) in [6, 6.07) is 1.93. The highest BCUT2D eigenvalue weighted by molar-refractivity contribution is 8.00. The van der Waals surface area contributed by atoms with Gasteiger partial charge in [0.05, 0.1) is 12.0 Å². The standard InChI is InChI=1S/C14H22N2O2S/c1-11-12(5-8-18-11)9-16(2)14(17)10-19-13-3-6-15-7-4-13/h5,8,13,15H,3-4,6-7,9-10H2,1-2H3. The maximum absolute atomic E-state index is 12.1. The van der Waals surface area contributed by atoms with E-state index in [1.165, 1.54) is 12.8 Å². The molecule has 0 spiro atoms. The van der Waals surface area contributed by atoms with Crippen molar-refractivity contribution in [2.75, 3.05) is 25.9 Å². The summed E-state index contributed by atoms with van der Waals surface area (Å²) in [6.45, 7) is 4.72. The Balaban J connectivity index is 1.74. The summed E-state index contributed by atoms with van der Waals surface area (Å²) in [5.41, 5.74) is 1.09. The number of amides is 1. The summed E-state index contributed by atoms with van der Waals surface area (Å²) < 4.78 is 5.25. The molecule has 1 fully saturated rings. The van der Waals surface area contributed by atoms with E-state index in [1.54, 1.807) is 22.9 Å². The first-order valence-electron chi connectivity index (χ1n) is 6.76. The van der Waals surface area contributed by atoms with Crippen LogP contribution in [-0.4, -0.2) is 41.9 Å². The van der Waals surface area contributed by atoms with Crippen LogP contribution < -0.4 is 5.32 Å². The fourth-order valence-corrected chi connectivity index (χ4v) is 3.35. The van der Waals surface area contributed by atoms with Crippen LogP contribution in [0.1, 0.15) is 24.2 Å². The van der Waals surface area contributed by atoms with Crippen molar-refractivity contribution in [3.8, 4) is 0 Å². The quantitative estimate of drug-likeness (QED) is 0.897. The highest BCUT2D eigenvalue weighted by Gasteiger charge is 2.17. The van der Waals surface area contributed by atoms with Crippen LogP contribution in [0.3, 0.4) is 0 Å². The Morgan fingerprint density at radius 1 is 1.53 bits per heavy atom. The van der Waals surface area contributed by atoms with Crippen LogP contribution in [-0.2, 0) is 11.3 Å². The molecule has 0 aliphatic carbocycles. The third-order valence-corrected chi connectivity index (χ3v) is 4.88. The summed E-state index contributed by atoms with van der Waals surface area (Å²) in [6.07, 6.45) is 4.01. The summed E-state index contributed by atoms with van der Waals surface area (Å²) in [7, 11) is 1.86. The van der Waals surface area contributed by atoms with Crippen molar-refractivity contribution < 1.29 is 9.21 Å². The Labute approximate surface area is 118 Å². The van der Waals surface area contributed by atoms with E-state index in [0.717, 1.165) is 24.4 Å². The molecule has 0 radical (unpaired) electrons. The Morgan fingerprint density at radius 3 is 2.89 bits per heavy atom. The van der Waals surface area contributed by atoms with Crippen LogP contribution in [0.4, 0.5) is 0 Å². The van der Waals surface area contributed by atoms with Crippen LogP contribution in [0.5, 0.6) is 0 Å². The zero-order valence-corrected chi connectivity index (χ0v) is 12.5. The van der Waals surface area contributed by atoms with Crippen LogP contribution in [0.15, 0.2) is 16.7 Å². The Kier molecular flexibility index (Phi) is 5.34. The number of carbonyl (C=O) groups excluding carboxylic acids is 1. The molecule has 1 aliphatic heterocycles. The second kappa shape index (κ2) is 7.01. The number of carbonyl (C=O) groups is 1. The summed E-state index contributed by atoms with van der Waals surface area (Å²) >= 11 is 1.80. The average Bonchev–Trinajstić information content (AvgIpc) is 2.82. The van der Waals surface area contributed by atoms with Crippen molar-refractivity contribution in [3.63, 3.8) is 0 Å². The van der Waals surface area contributed by atoms with E-state index in [-0.39, 0.29) is 5.91 Å². The van der Waals surface area contributed by atoms with Crippen molar-refractivity contribution in [3.05, 3.63) is 23.7 Å². The number of hydrogen-bond donors (Lipinski definition) is 1. The minimum Gasteiger partial charge on any atom is -0.469 e. The van der Waals surface area contributed by atoms with Gasteiger partial charge in [-0.15, -0.1) is 11.8 Å². The molecular formula is C14H22N2O2S. The smallest absolute Gasteiger partial charge is 0.232 e. The maximum Gasteiger partial charge on any atom is 0.232 e. The Bertz CT molecular complexity index is 413. The molecule has 0 saturated carbocycles. The molecule has 2 heterocycles. The van der Waals surface area contributed by atoms with Crippen LogP contribution in [0, 0.1) is 6.92 Å². The Morgan fingerprint density at radius 2 is 2.26 bits per heavy atom. The topological polar surface area (TPSA) is 45.5 Å². The fraction of sp³-hybridized carbons (Fsp3) is 0.643. The number of rotatable bonds is 5. The zero-order valence-electron chi connectivity index (χ0n) is 11.6.